The summed E-state index contributed by atoms with van der Waals surface area (Å²) >= 11 is 0. The molecular weight excluding hydrogens is 142 g/mol. The molecular formula is C6H3N5. The van der Waals surface area contributed by atoms with Gasteiger partial charge in [0.2, 0.25) is 0 Å². The Balaban J connectivity index is 2.92. The summed E-state index contributed by atoms with van der Waals surface area (Å²) in [7, 11) is 0. The molecule has 0 spiro atoms. The summed E-state index contributed by atoms with van der Waals surface area (Å²) in [5, 5.41) is 15.9. The topological polar surface area (TPSA) is 66.9 Å². The number of fused-ring (bicyclic) bond motifs is 1. The fourth-order valence-electron chi connectivity index (χ4n) is 0.847. The maximum absolute atomic E-state index is 8.57. The molecule has 11 heavy (non-hydrogen) atoms. The van der Waals surface area contributed by atoms with E-state index in [4.69, 9.17) is 5.26 Å². The van der Waals surface area contributed by atoms with Gasteiger partial charge in [0.25, 0.3) is 0 Å². The van der Waals surface area contributed by atoms with Crippen molar-refractivity contribution in [3.05, 3.63) is 24.3 Å². The molecule has 0 saturated heterocycles. The van der Waals surface area contributed by atoms with Gasteiger partial charge in [-0.25, -0.2) is 9.50 Å². The maximum atomic E-state index is 8.57. The number of hydrogen-bond donors (Lipinski definition) is 0. The van der Waals surface area contributed by atoms with Gasteiger partial charge in [0.1, 0.15) is 11.6 Å². The predicted octanol–water partition coefficient (Wildman–Crippen LogP) is -0.00402. The summed E-state index contributed by atoms with van der Waals surface area (Å²) in [6, 6.07) is 1.94. The average Bonchev–Trinajstić information content (AvgIpc) is 2.50. The Labute approximate surface area is 61.9 Å². The quantitative estimate of drug-likeness (QED) is 0.523. The Kier molecular flexibility index (Phi) is 1.07. The van der Waals surface area contributed by atoms with Crippen LogP contribution in [0.4, 0.5) is 0 Å². The summed E-state index contributed by atoms with van der Waals surface area (Å²) in [4.78, 5) is 3.84. The molecule has 0 amide bonds. The number of rotatable bonds is 0. The van der Waals surface area contributed by atoms with Gasteiger partial charge in [0.15, 0.2) is 5.69 Å². The SMILES string of the molecule is N#Cc1nccn2nncc12. The van der Waals surface area contributed by atoms with Crippen LogP contribution in [0.1, 0.15) is 5.69 Å². The molecule has 2 aromatic rings. The van der Waals surface area contributed by atoms with E-state index in [2.05, 4.69) is 15.3 Å². The van der Waals surface area contributed by atoms with E-state index in [0.29, 0.717) is 11.2 Å². The Bertz CT molecular complexity index is 424. The largest absolute Gasteiger partial charge is 0.242 e. The molecule has 0 atom stereocenters. The van der Waals surface area contributed by atoms with Crippen molar-refractivity contribution >= 4 is 5.52 Å². The summed E-state index contributed by atoms with van der Waals surface area (Å²) in [6.07, 6.45) is 4.66. The van der Waals surface area contributed by atoms with E-state index in [1.54, 1.807) is 6.20 Å². The molecule has 2 heterocycles. The van der Waals surface area contributed by atoms with E-state index in [-0.39, 0.29) is 0 Å². The Morgan fingerprint density at radius 1 is 1.55 bits per heavy atom. The average molecular weight is 145 g/mol. The third-order valence-corrected chi connectivity index (χ3v) is 1.33. The molecule has 0 bridgehead atoms. The van der Waals surface area contributed by atoms with Crippen LogP contribution in [0.15, 0.2) is 18.6 Å². The highest BCUT2D eigenvalue weighted by Gasteiger charge is 2.00. The third kappa shape index (κ3) is 0.730. The van der Waals surface area contributed by atoms with Crippen LogP contribution in [-0.2, 0) is 0 Å². The van der Waals surface area contributed by atoms with Gasteiger partial charge in [-0.05, 0) is 0 Å². The van der Waals surface area contributed by atoms with E-state index in [1.807, 2.05) is 6.07 Å². The summed E-state index contributed by atoms with van der Waals surface area (Å²) in [5.41, 5.74) is 0.979. The molecule has 0 aromatic carbocycles. The van der Waals surface area contributed by atoms with Crippen LogP contribution in [0.3, 0.4) is 0 Å². The zero-order chi connectivity index (χ0) is 7.68. The molecule has 0 aliphatic heterocycles. The first kappa shape index (κ1) is 5.80. The molecule has 0 N–H and O–H groups in total. The lowest BCUT2D eigenvalue weighted by atomic mass is 10.4. The van der Waals surface area contributed by atoms with Crippen LogP contribution in [0.25, 0.3) is 5.52 Å². The fourth-order valence-corrected chi connectivity index (χ4v) is 0.847. The Hall–Kier alpha value is -1.96. The summed E-state index contributed by atoms with van der Waals surface area (Å²) in [6.45, 7) is 0. The normalized spacial score (nSPS) is 9.73. The first-order chi connectivity index (χ1) is 5.42. The van der Waals surface area contributed by atoms with Gasteiger partial charge in [0.05, 0.1) is 6.20 Å². The standard InChI is InChI=1S/C6H3N5/c7-3-5-6-4-9-10-11(6)2-1-8-5/h1-2,4H. The molecule has 0 saturated carbocycles. The van der Waals surface area contributed by atoms with Crippen LogP contribution in [0, 0.1) is 11.3 Å². The summed E-state index contributed by atoms with van der Waals surface area (Å²) in [5.74, 6) is 0. The molecule has 5 heteroatoms. The van der Waals surface area contributed by atoms with Crippen molar-refractivity contribution in [2.45, 2.75) is 0 Å². The molecule has 2 aromatic heterocycles. The number of nitrogens with zero attached hydrogens (tertiary/aromatic N) is 5. The second-order valence-corrected chi connectivity index (χ2v) is 1.95. The number of hydrogen-bond acceptors (Lipinski definition) is 4. The van der Waals surface area contributed by atoms with Crippen LogP contribution < -0.4 is 0 Å². The van der Waals surface area contributed by atoms with Crippen molar-refractivity contribution in [2.24, 2.45) is 0 Å². The van der Waals surface area contributed by atoms with Gasteiger partial charge < -0.3 is 0 Å². The Morgan fingerprint density at radius 2 is 2.45 bits per heavy atom. The first-order valence-corrected chi connectivity index (χ1v) is 2.97. The molecule has 0 aliphatic rings. The first-order valence-electron chi connectivity index (χ1n) is 2.97. The minimum Gasteiger partial charge on any atom is -0.242 e. The van der Waals surface area contributed by atoms with Gasteiger partial charge in [-0.15, -0.1) is 5.10 Å². The van der Waals surface area contributed by atoms with Gasteiger partial charge in [-0.3, -0.25) is 0 Å². The van der Waals surface area contributed by atoms with Crippen molar-refractivity contribution in [3.63, 3.8) is 0 Å². The maximum Gasteiger partial charge on any atom is 0.167 e. The molecule has 0 radical (unpaired) electrons. The van der Waals surface area contributed by atoms with Gasteiger partial charge in [0, 0.05) is 12.4 Å². The lowest BCUT2D eigenvalue weighted by molar-refractivity contribution is 0.847. The molecule has 2 rings (SSSR count). The van der Waals surface area contributed by atoms with Crippen LogP contribution in [0.5, 0.6) is 0 Å². The summed E-state index contributed by atoms with van der Waals surface area (Å²) < 4.78 is 1.51. The number of aromatic nitrogens is 4. The smallest absolute Gasteiger partial charge is 0.167 e. The monoisotopic (exact) mass is 145 g/mol. The lowest BCUT2D eigenvalue weighted by Gasteiger charge is -1.89. The highest BCUT2D eigenvalue weighted by atomic mass is 15.4. The van der Waals surface area contributed by atoms with Gasteiger partial charge in [-0.2, -0.15) is 5.26 Å². The van der Waals surface area contributed by atoms with Crippen LogP contribution in [-0.4, -0.2) is 19.8 Å². The van der Waals surface area contributed by atoms with Gasteiger partial charge in [-0.1, -0.05) is 5.21 Å². The second-order valence-electron chi connectivity index (χ2n) is 1.95. The Morgan fingerprint density at radius 3 is 3.27 bits per heavy atom. The molecule has 0 unspecified atom stereocenters. The van der Waals surface area contributed by atoms with E-state index < -0.39 is 0 Å². The van der Waals surface area contributed by atoms with Crippen molar-refractivity contribution in [3.8, 4) is 6.07 Å². The van der Waals surface area contributed by atoms with Crippen LogP contribution in [0.2, 0.25) is 0 Å². The zero-order valence-electron chi connectivity index (χ0n) is 5.47. The fraction of sp³-hybridized carbons (Fsp3) is 0. The number of nitriles is 1. The molecule has 5 nitrogen and oxygen atoms in total. The highest BCUT2D eigenvalue weighted by Crippen LogP contribution is 2.01. The molecule has 0 fully saturated rings. The lowest BCUT2D eigenvalue weighted by Crippen LogP contribution is -1.91. The van der Waals surface area contributed by atoms with Crippen molar-refractivity contribution < 1.29 is 0 Å². The van der Waals surface area contributed by atoms with E-state index in [0.717, 1.165) is 0 Å². The minimum atomic E-state index is 0.345. The van der Waals surface area contributed by atoms with Crippen molar-refractivity contribution in [1.82, 2.24) is 19.8 Å². The van der Waals surface area contributed by atoms with E-state index in [9.17, 15) is 0 Å². The second kappa shape index (κ2) is 2.02. The van der Waals surface area contributed by atoms with Crippen molar-refractivity contribution in [2.75, 3.05) is 0 Å². The van der Waals surface area contributed by atoms with Crippen LogP contribution >= 0.6 is 0 Å². The predicted molar refractivity (Wildman–Crippen MR) is 35.5 cm³/mol. The third-order valence-electron chi connectivity index (χ3n) is 1.33. The van der Waals surface area contributed by atoms with Gasteiger partial charge >= 0.3 is 0 Å². The molecule has 52 valence electrons. The van der Waals surface area contributed by atoms with E-state index >= 15 is 0 Å². The zero-order valence-corrected chi connectivity index (χ0v) is 5.47. The van der Waals surface area contributed by atoms with Crippen molar-refractivity contribution in [1.29, 1.82) is 5.26 Å². The highest BCUT2D eigenvalue weighted by molar-refractivity contribution is 5.54. The minimum absolute atomic E-state index is 0.345. The molecule has 0 aliphatic carbocycles. The van der Waals surface area contributed by atoms with E-state index in [1.165, 1.54) is 16.9 Å².